The number of hydrogen-bond donors (Lipinski definition) is 0. The van der Waals surface area contributed by atoms with Crippen LogP contribution in [0.2, 0.25) is 0 Å². The molecule has 0 saturated carbocycles. The van der Waals surface area contributed by atoms with Gasteiger partial charge in [0.05, 0.1) is 0 Å². The van der Waals surface area contributed by atoms with Crippen molar-refractivity contribution in [3.05, 3.63) is 11.6 Å². The van der Waals surface area contributed by atoms with E-state index in [2.05, 4.69) is 32.8 Å². The van der Waals surface area contributed by atoms with Crippen molar-refractivity contribution >= 4 is 15.9 Å². The van der Waals surface area contributed by atoms with Gasteiger partial charge in [0.25, 0.3) is 0 Å². The molecule has 0 aliphatic heterocycles. The average Bonchev–Trinajstić information content (AvgIpc) is 2.17. The Bertz CT molecular complexity index is 181. The maximum absolute atomic E-state index is 3.11. The molecule has 0 heterocycles. The van der Waals surface area contributed by atoms with E-state index in [1.807, 2.05) is 0 Å². The van der Waals surface area contributed by atoms with Crippen molar-refractivity contribution in [2.45, 2.75) is 32.1 Å². The van der Waals surface area contributed by atoms with E-state index in [-0.39, 0.29) is 0 Å². The standard InChI is InChI=1S/C9H11Br/c10-8-7-9-5-3-1-2-4-6-9/h5H,1-4,6H2. The predicted octanol–water partition coefficient (Wildman–Crippen LogP) is 3.23. The fourth-order valence-corrected chi connectivity index (χ4v) is 1.44. The van der Waals surface area contributed by atoms with Crippen LogP contribution in [-0.2, 0) is 0 Å². The van der Waals surface area contributed by atoms with E-state index < -0.39 is 0 Å². The van der Waals surface area contributed by atoms with Gasteiger partial charge in [-0.05, 0) is 36.1 Å². The van der Waals surface area contributed by atoms with Gasteiger partial charge in [-0.15, -0.1) is 0 Å². The lowest BCUT2D eigenvalue weighted by Gasteiger charge is -1.91. The Labute approximate surface area is 70.8 Å². The fourth-order valence-electron chi connectivity index (χ4n) is 1.19. The molecule has 0 aromatic rings. The topological polar surface area (TPSA) is 0 Å². The van der Waals surface area contributed by atoms with Crippen molar-refractivity contribution in [1.29, 1.82) is 0 Å². The zero-order valence-electron chi connectivity index (χ0n) is 5.99. The van der Waals surface area contributed by atoms with Crippen molar-refractivity contribution in [1.82, 2.24) is 0 Å². The quantitative estimate of drug-likeness (QED) is 0.525. The summed E-state index contributed by atoms with van der Waals surface area (Å²) in [6.07, 6.45) is 8.68. The monoisotopic (exact) mass is 198 g/mol. The van der Waals surface area contributed by atoms with E-state index in [0.717, 1.165) is 0 Å². The lowest BCUT2D eigenvalue weighted by Crippen LogP contribution is -1.75. The first kappa shape index (κ1) is 7.88. The van der Waals surface area contributed by atoms with E-state index in [4.69, 9.17) is 0 Å². The van der Waals surface area contributed by atoms with Gasteiger partial charge in [0.15, 0.2) is 0 Å². The van der Waals surface area contributed by atoms with Crippen LogP contribution in [0.3, 0.4) is 0 Å². The zero-order valence-corrected chi connectivity index (χ0v) is 7.58. The Morgan fingerprint density at radius 1 is 1.30 bits per heavy atom. The molecule has 0 amide bonds. The van der Waals surface area contributed by atoms with Gasteiger partial charge >= 0.3 is 0 Å². The molecule has 0 radical (unpaired) electrons. The van der Waals surface area contributed by atoms with Crippen LogP contribution in [0.5, 0.6) is 0 Å². The van der Waals surface area contributed by atoms with Crippen molar-refractivity contribution in [3.63, 3.8) is 0 Å². The Kier molecular flexibility index (Phi) is 3.60. The SMILES string of the molecule is BrC#CC1=CCCCCC1. The number of halogens is 1. The van der Waals surface area contributed by atoms with Gasteiger partial charge in [-0.3, -0.25) is 0 Å². The molecule has 1 aliphatic carbocycles. The molecule has 10 heavy (non-hydrogen) atoms. The second-order valence-electron chi connectivity index (χ2n) is 2.55. The highest BCUT2D eigenvalue weighted by molar-refractivity contribution is 9.12. The fraction of sp³-hybridized carbons (Fsp3) is 0.556. The molecule has 54 valence electrons. The molecule has 0 aromatic heterocycles. The van der Waals surface area contributed by atoms with Gasteiger partial charge in [0, 0.05) is 15.9 Å². The lowest BCUT2D eigenvalue weighted by molar-refractivity contribution is 0.714. The van der Waals surface area contributed by atoms with Crippen LogP contribution in [-0.4, -0.2) is 0 Å². The molecule has 0 spiro atoms. The highest BCUT2D eigenvalue weighted by Gasteiger charge is 1.98. The second-order valence-corrected chi connectivity index (χ2v) is 2.94. The van der Waals surface area contributed by atoms with Gasteiger partial charge in [-0.1, -0.05) is 18.4 Å². The molecule has 0 fully saturated rings. The van der Waals surface area contributed by atoms with Crippen LogP contribution in [0.1, 0.15) is 32.1 Å². The summed E-state index contributed by atoms with van der Waals surface area (Å²) in [6, 6.07) is 0. The summed E-state index contributed by atoms with van der Waals surface area (Å²) >= 11 is 3.11. The van der Waals surface area contributed by atoms with Gasteiger partial charge in [0.1, 0.15) is 0 Å². The third kappa shape index (κ3) is 2.58. The zero-order chi connectivity index (χ0) is 7.23. The molecular formula is C9H11Br. The number of rotatable bonds is 0. The Morgan fingerprint density at radius 2 is 2.20 bits per heavy atom. The van der Waals surface area contributed by atoms with Crippen LogP contribution in [0.4, 0.5) is 0 Å². The third-order valence-electron chi connectivity index (χ3n) is 1.75. The van der Waals surface area contributed by atoms with E-state index in [1.165, 1.54) is 37.7 Å². The first-order valence-corrected chi connectivity index (χ1v) is 4.53. The normalized spacial score (nSPS) is 18.3. The first-order valence-electron chi connectivity index (χ1n) is 3.74. The Hall–Kier alpha value is -0.220. The van der Waals surface area contributed by atoms with Crippen molar-refractivity contribution in [2.24, 2.45) is 0 Å². The lowest BCUT2D eigenvalue weighted by atomic mass is 10.1. The molecule has 1 rings (SSSR count). The van der Waals surface area contributed by atoms with Crippen LogP contribution in [0.15, 0.2) is 11.6 Å². The molecule has 0 N–H and O–H groups in total. The minimum atomic E-state index is 1.18. The van der Waals surface area contributed by atoms with Crippen LogP contribution >= 0.6 is 15.9 Å². The Balaban J connectivity index is 2.51. The molecule has 0 saturated heterocycles. The third-order valence-corrected chi connectivity index (χ3v) is 1.95. The van der Waals surface area contributed by atoms with Gasteiger partial charge < -0.3 is 0 Å². The van der Waals surface area contributed by atoms with Gasteiger partial charge in [0.2, 0.25) is 0 Å². The van der Waals surface area contributed by atoms with Crippen LogP contribution in [0.25, 0.3) is 0 Å². The summed E-state index contributed by atoms with van der Waals surface area (Å²) in [5.41, 5.74) is 1.31. The molecule has 0 aromatic carbocycles. The van der Waals surface area contributed by atoms with Crippen molar-refractivity contribution in [2.75, 3.05) is 0 Å². The second kappa shape index (κ2) is 4.57. The smallest absolute Gasteiger partial charge is 0.0110 e. The molecule has 0 unspecified atom stereocenters. The predicted molar refractivity (Wildman–Crippen MR) is 47.9 cm³/mol. The average molecular weight is 199 g/mol. The highest BCUT2D eigenvalue weighted by atomic mass is 79.9. The van der Waals surface area contributed by atoms with Crippen LogP contribution in [0, 0.1) is 10.8 Å². The van der Waals surface area contributed by atoms with Gasteiger partial charge in [-0.25, -0.2) is 0 Å². The highest BCUT2D eigenvalue weighted by Crippen LogP contribution is 2.16. The summed E-state index contributed by atoms with van der Waals surface area (Å²) in [5, 5.41) is 0. The van der Waals surface area contributed by atoms with E-state index in [1.54, 1.807) is 0 Å². The Morgan fingerprint density at radius 3 is 3.00 bits per heavy atom. The minimum absolute atomic E-state index is 1.18. The summed E-state index contributed by atoms with van der Waals surface area (Å²) in [6.45, 7) is 0. The van der Waals surface area contributed by atoms with E-state index in [9.17, 15) is 0 Å². The molecule has 0 atom stereocenters. The minimum Gasteiger partial charge on any atom is -0.0729 e. The molecule has 1 aliphatic rings. The summed E-state index contributed by atoms with van der Waals surface area (Å²) in [5.74, 6) is 3.05. The molecular weight excluding hydrogens is 188 g/mol. The first-order chi connectivity index (χ1) is 4.93. The van der Waals surface area contributed by atoms with Crippen molar-refractivity contribution in [3.8, 4) is 10.8 Å². The largest absolute Gasteiger partial charge is 0.0729 e. The van der Waals surface area contributed by atoms with E-state index in [0.29, 0.717) is 0 Å². The number of hydrogen-bond acceptors (Lipinski definition) is 0. The van der Waals surface area contributed by atoms with Crippen molar-refractivity contribution < 1.29 is 0 Å². The summed E-state index contributed by atoms with van der Waals surface area (Å²) in [7, 11) is 0. The maximum Gasteiger partial charge on any atom is 0.0110 e. The molecule has 0 bridgehead atoms. The summed E-state index contributed by atoms with van der Waals surface area (Å²) in [4.78, 5) is 2.76. The molecule has 1 heteroatoms. The number of allylic oxidation sites excluding steroid dienone is 2. The van der Waals surface area contributed by atoms with Gasteiger partial charge in [-0.2, -0.15) is 0 Å². The summed E-state index contributed by atoms with van der Waals surface area (Å²) < 4.78 is 0. The molecule has 0 nitrogen and oxygen atoms in total. The maximum atomic E-state index is 3.11. The van der Waals surface area contributed by atoms with Crippen LogP contribution < -0.4 is 0 Å². The van der Waals surface area contributed by atoms with E-state index >= 15 is 0 Å².